The molecule has 5 nitrogen and oxygen atoms in total. The highest BCUT2D eigenvalue weighted by Crippen LogP contribution is 2.14. The average molecular weight is 298 g/mol. The Morgan fingerprint density at radius 3 is 2.20 bits per heavy atom. The number of amides is 1. The normalized spacial score (nSPS) is 11.6. The van der Waals surface area contributed by atoms with Gasteiger partial charge in [0, 0.05) is 18.8 Å². The Morgan fingerprint density at radius 2 is 1.75 bits per heavy atom. The lowest BCUT2D eigenvalue weighted by molar-refractivity contribution is -0.118. The van der Waals surface area contributed by atoms with Gasteiger partial charge in [0.2, 0.25) is 15.9 Å². The number of carbonyl (C=O) groups is 1. The van der Waals surface area contributed by atoms with E-state index in [2.05, 4.69) is 0 Å². The van der Waals surface area contributed by atoms with Gasteiger partial charge in [0.15, 0.2) is 0 Å². The standard InChI is InChI=1S/C14H22N2O3S/c1-4-11-15(20(3,18)19)12-14(17)16(5-2)13-9-7-6-8-10-13/h6-10H,4-5,11-12H2,1-3H3. The molecule has 6 heteroatoms. The largest absolute Gasteiger partial charge is 0.312 e. The summed E-state index contributed by atoms with van der Waals surface area (Å²) in [5, 5.41) is 0. The van der Waals surface area contributed by atoms with Crippen molar-refractivity contribution in [3.8, 4) is 0 Å². The molecule has 0 spiro atoms. The van der Waals surface area contributed by atoms with Crippen molar-refractivity contribution in [3.63, 3.8) is 0 Å². The Balaban J connectivity index is 2.87. The monoisotopic (exact) mass is 298 g/mol. The van der Waals surface area contributed by atoms with Crippen LogP contribution in [0.4, 0.5) is 5.69 Å². The Morgan fingerprint density at radius 1 is 1.15 bits per heavy atom. The first kappa shape index (κ1) is 16.7. The van der Waals surface area contributed by atoms with Crippen LogP contribution in [0, 0.1) is 0 Å². The maximum absolute atomic E-state index is 12.3. The van der Waals surface area contributed by atoms with Gasteiger partial charge in [-0.1, -0.05) is 25.1 Å². The van der Waals surface area contributed by atoms with E-state index >= 15 is 0 Å². The van der Waals surface area contributed by atoms with Gasteiger partial charge in [-0.05, 0) is 25.5 Å². The number of carbonyl (C=O) groups excluding carboxylic acids is 1. The number of likely N-dealkylation sites (N-methyl/N-ethyl adjacent to an activating group) is 1. The van der Waals surface area contributed by atoms with E-state index in [0.717, 1.165) is 11.9 Å². The molecule has 0 aliphatic carbocycles. The number of sulfonamides is 1. The maximum atomic E-state index is 12.3. The Hall–Kier alpha value is -1.40. The minimum absolute atomic E-state index is 0.116. The zero-order chi connectivity index (χ0) is 15.2. The van der Waals surface area contributed by atoms with E-state index in [1.807, 2.05) is 44.2 Å². The van der Waals surface area contributed by atoms with Crippen LogP contribution in [0.1, 0.15) is 20.3 Å². The van der Waals surface area contributed by atoms with Gasteiger partial charge in [0.25, 0.3) is 0 Å². The highest BCUT2D eigenvalue weighted by atomic mass is 32.2. The van der Waals surface area contributed by atoms with Crippen molar-refractivity contribution in [2.75, 3.05) is 30.8 Å². The first-order valence-electron chi connectivity index (χ1n) is 6.70. The lowest BCUT2D eigenvalue weighted by atomic mass is 10.3. The van der Waals surface area contributed by atoms with Gasteiger partial charge in [0.05, 0.1) is 12.8 Å². The van der Waals surface area contributed by atoms with Gasteiger partial charge in [-0.15, -0.1) is 0 Å². The second kappa shape index (κ2) is 7.40. The Labute approximate surface area is 121 Å². The molecule has 0 N–H and O–H groups in total. The molecule has 0 saturated heterocycles. The molecular weight excluding hydrogens is 276 g/mol. The summed E-state index contributed by atoms with van der Waals surface area (Å²) < 4.78 is 24.5. The third kappa shape index (κ3) is 4.61. The summed E-state index contributed by atoms with van der Waals surface area (Å²) in [4.78, 5) is 13.9. The molecule has 0 heterocycles. The minimum Gasteiger partial charge on any atom is -0.312 e. The first-order valence-corrected chi connectivity index (χ1v) is 8.55. The molecule has 0 saturated carbocycles. The van der Waals surface area contributed by atoms with E-state index in [1.165, 1.54) is 4.31 Å². The minimum atomic E-state index is -3.36. The van der Waals surface area contributed by atoms with Crippen LogP contribution in [0.25, 0.3) is 0 Å². The molecule has 0 atom stereocenters. The Kier molecular flexibility index (Phi) is 6.16. The van der Waals surface area contributed by atoms with Crippen LogP contribution in [0.5, 0.6) is 0 Å². The van der Waals surface area contributed by atoms with Gasteiger partial charge >= 0.3 is 0 Å². The smallest absolute Gasteiger partial charge is 0.242 e. The lowest BCUT2D eigenvalue weighted by Crippen LogP contribution is -2.43. The van der Waals surface area contributed by atoms with Crippen molar-refractivity contribution in [2.24, 2.45) is 0 Å². The lowest BCUT2D eigenvalue weighted by Gasteiger charge is -2.25. The van der Waals surface area contributed by atoms with Crippen LogP contribution in [-0.4, -0.2) is 44.5 Å². The van der Waals surface area contributed by atoms with Crippen molar-refractivity contribution < 1.29 is 13.2 Å². The number of anilines is 1. The summed E-state index contributed by atoms with van der Waals surface area (Å²) in [5.74, 6) is -0.211. The number of rotatable bonds is 7. The van der Waals surface area contributed by atoms with E-state index in [0.29, 0.717) is 19.5 Å². The van der Waals surface area contributed by atoms with E-state index in [-0.39, 0.29) is 12.5 Å². The third-order valence-corrected chi connectivity index (χ3v) is 4.19. The molecule has 0 aliphatic heterocycles. The summed E-state index contributed by atoms with van der Waals surface area (Å²) in [6.07, 6.45) is 1.81. The maximum Gasteiger partial charge on any atom is 0.242 e. The zero-order valence-corrected chi connectivity index (χ0v) is 13.1. The van der Waals surface area contributed by atoms with Crippen LogP contribution in [0.15, 0.2) is 30.3 Å². The molecule has 1 aromatic rings. The first-order chi connectivity index (χ1) is 9.40. The van der Waals surface area contributed by atoms with Crippen LogP contribution in [0.3, 0.4) is 0 Å². The van der Waals surface area contributed by atoms with Crippen LogP contribution in [0.2, 0.25) is 0 Å². The SMILES string of the molecule is CCCN(CC(=O)N(CC)c1ccccc1)S(C)(=O)=O. The third-order valence-electron chi connectivity index (χ3n) is 2.94. The number of para-hydroxylation sites is 1. The van der Waals surface area contributed by atoms with E-state index in [9.17, 15) is 13.2 Å². The molecule has 0 radical (unpaired) electrons. The van der Waals surface area contributed by atoms with E-state index in [4.69, 9.17) is 0 Å². The van der Waals surface area contributed by atoms with Crippen molar-refractivity contribution >= 4 is 21.6 Å². The van der Waals surface area contributed by atoms with Crippen molar-refractivity contribution in [3.05, 3.63) is 30.3 Å². The summed E-state index contributed by atoms with van der Waals surface area (Å²) in [7, 11) is -3.36. The molecule has 112 valence electrons. The van der Waals surface area contributed by atoms with Gasteiger partial charge in [-0.2, -0.15) is 4.31 Å². The molecule has 1 rings (SSSR count). The molecule has 20 heavy (non-hydrogen) atoms. The topological polar surface area (TPSA) is 57.7 Å². The molecule has 0 aliphatic rings. The molecule has 0 aromatic heterocycles. The number of hydrogen-bond donors (Lipinski definition) is 0. The van der Waals surface area contributed by atoms with Crippen molar-refractivity contribution in [2.45, 2.75) is 20.3 Å². The number of benzene rings is 1. The fourth-order valence-electron chi connectivity index (χ4n) is 1.96. The van der Waals surface area contributed by atoms with Gasteiger partial charge in [-0.3, -0.25) is 4.79 Å². The highest BCUT2D eigenvalue weighted by molar-refractivity contribution is 7.88. The quantitative estimate of drug-likeness (QED) is 0.770. The number of hydrogen-bond acceptors (Lipinski definition) is 3. The van der Waals surface area contributed by atoms with Crippen LogP contribution < -0.4 is 4.90 Å². The molecular formula is C14H22N2O3S. The summed E-state index contributed by atoms with van der Waals surface area (Å²) in [6.45, 7) is 4.51. The summed E-state index contributed by atoms with van der Waals surface area (Å²) >= 11 is 0. The zero-order valence-electron chi connectivity index (χ0n) is 12.2. The van der Waals surface area contributed by atoms with Crippen molar-refractivity contribution in [1.82, 2.24) is 4.31 Å². The van der Waals surface area contributed by atoms with Gasteiger partial charge in [0.1, 0.15) is 0 Å². The molecule has 1 amide bonds. The van der Waals surface area contributed by atoms with Gasteiger partial charge in [-0.25, -0.2) is 8.42 Å². The molecule has 0 fully saturated rings. The Bertz CT molecular complexity index is 529. The highest BCUT2D eigenvalue weighted by Gasteiger charge is 2.22. The predicted octanol–water partition coefficient (Wildman–Crippen LogP) is 1.71. The van der Waals surface area contributed by atoms with Gasteiger partial charge < -0.3 is 4.90 Å². The molecule has 0 bridgehead atoms. The fraction of sp³-hybridized carbons (Fsp3) is 0.500. The summed E-state index contributed by atoms with van der Waals surface area (Å²) in [6, 6.07) is 9.26. The van der Waals surface area contributed by atoms with Crippen LogP contribution in [-0.2, 0) is 14.8 Å². The predicted molar refractivity (Wildman–Crippen MR) is 81.2 cm³/mol. The van der Waals surface area contributed by atoms with Crippen molar-refractivity contribution in [1.29, 1.82) is 0 Å². The van der Waals surface area contributed by atoms with Crippen LogP contribution >= 0.6 is 0 Å². The molecule has 1 aromatic carbocycles. The average Bonchev–Trinajstić information content (AvgIpc) is 2.39. The van der Waals surface area contributed by atoms with E-state index in [1.54, 1.807) is 4.90 Å². The molecule has 0 unspecified atom stereocenters. The second-order valence-electron chi connectivity index (χ2n) is 4.57. The fourth-order valence-corrected chi connectivity index (χ4v) is 2.82. The van der Waals surface area contributed by atoms with E-state index < -0.39 is 10.0 Å². The number of nitrogens with zero attached hydrogens (tertiary/aromatic N) is 2. The summed E-state index contributed by atoms with van der Waals surface area (Å²) in [5.41, 5.74) is 0.782. The second-order valence-corrected chi connectivity index (χ2v) is 6.55.